The zero-order valence-electron chi connectivity index (χ0n) is 14.0. The summed E-state index contributed by atoms with van der Waals surface area (Å²) in [6, 6.07) is 7.99. The van der Waals surface area contributed by atoms with Gasteiger partial charge in [0.25, 0.3) is 0 Å². The Morgan fingerprint density at radius 2 is 2.00 bits per heavy atom. The van der Waals surface area contributed by atoms with Gasteiger partial charge in [-0.3, -0.25) is 4.79 Å². The van der Waals surface area contributed by atoms with Gasteiger partial charge in [0.1, 0.15) is 5.75 Å². The van der Waals surface area contributed by atoms with Crippen molar-refractivity contribution in [1.29, 1.82) is 0 Å². The Balaban J connectivity index is 1.44. The Labute approximate surface area is 141 Å². The van der Waals surface area contributed by atoms with Crippen molar-refractivity contribution in [1.82, 2.24) is 10.2 Å². The van der Waals surface area contributed by atoms with E-state index in [0.717, 1.165) is 37.2 Å². The van der Waals surface area contributed by atoms with Gasteiger partial charge in [0.05, 0.1) is 7.11 Å². The minimum atomic E-state index is -0.0993. The molecule has 0 radical (unpaired) electrons. The lowest BCUT2D eigenvalue weighted by Gasteiger charge is -2.24. The zero-order chi connectivity index (χ0) is 16.7. The predicted octanol–water partition coefficient (Wildman–Crippen LogP) is 2.00. The second kappa shape index (κ2) is 5.69. The molecule has 0 aromatic heterocycles. The van der Waals surface area contributed by atoms with E-state index in [2.05, 4.69) is 5.32 Å². The van der Waals surface area contributed by atoms with Gasteiger partial charge in [0, 0.05) is 43.2 Å². The molecule has 3 amide bonds. The van der Waals surface area contributed by atoms with Crippen molar-refractivity contribution in [3.63, 3.8) is 0 Å². The lowest BCUT2D eigenvalue weighted by molar-refractivity contribution is -0.117. The number of carbonyl (C=O) groups is 2. The van der Waals surface area contributed by atoms with Gasteiger partial charge in [-0.2, -0.15) is 0 Å². The van der Waals surface area contributed by atoms with Crippen LogP contribution in [0.3, 0.4) is 0 Å². The molecule has 1 spiro atoms. The molecule has 2 saturated heterocycles. The van der Waals surface area contributed by atoms with Gasteiger partial charge >= 0.3 is 6.03 Å². The maximum absolute atomic E-state index is 12.5. The molecule has 0 bridgehead atoms. The molecular formula is C18H23N3O3. The van der Waals surface area contributed by atoms with E-state index in [4.69, 9.17) is 4.74 Å². The molecule has 1 saturated carbocycles. The van der Waals surface area contributed by atoms with E-state index in [-0.39, 0.29) is 17.4 Å². The Kier molecular flexibility index (Phi) is 3.62. The van der Waals surface area contributed by atoms with Gasteiger partial charge in [-0.05, 0) is 43.5 Å². The molecule has 1 aromatic carbocycles. The average molecular weight is 329 g/mol. The first kappa shape index (κ1) is 15.3. The lowest BCUT2D eigenvalue weighted by Crippen LogP contribution is -2.41. The summed E-state index contributed by atoms with van der Waals surface area (Å²) in [7, 11) is 1.63. The van der Waals surface area contributed by atoms with Crippen LogP contribution in [0.2, 0.25) is 0 Å². The summed E-state index contributed by atoms with van der Waals surface area (Å²) in [5.74, 6) is 0.925. The monoisotopic (exact) mass is 329 g/mol. The van der Waals surface area contributed by atoms with Crippen LogP contribution in [0, 0.1) is 5.41 Å². The highest BCUT2D eigenvalue weighted by Gasteiger charge is 2.49. The predicted molar refractivity (Wildman–Crippen MR) is 90.1 cm³/mol. The Bertz CT molecular complexity index is 656. The third kappa shape index (κ3) is 2.81. The van der Waals surface area contributed by atoms with Crippen molar-refractivity contribution >= 4 is 17.6 Å². The van der Waals surface area contributed by atoms with Crippen LogP contribution in [0.5, 0.6) is 5.75 Å². The van der Waals surface area contributed by atoms with E-state index >= 15 is 0 Å². The Hall–Kier alpha value is -2.24. The van der Waals surface area contributed by atoms with E-state index in [0.29, 0.717) is 25.6 Å². The summed E-state index contributed by atoms with van der Waals surface area (Å²) in [5.41, 5.74) is 0.802. The summed E-state index contributed by atoms with van der Waals surface area (Å²) in [6.45, 7) is 2.09. The van der Waals surface area contributed by atoms with Crippen molar-refractivity contribution < 1.29 is 14.3 Å². The van der Waals surface area contributed by atoms with Crippen LogP contribution in [0.1, 0.15) is 25.7 Å². The zero-order valence-corrected chi connectivity index (χ0v) is 14.0. The van der Waals surface area contributed by atoms with E-state index in [9.17, 15) is 9.59 Å². The molecule has 6 heteroatoms. The van der Waals surface area contributed by atoms with Crippen LogP contribution >= 0.6 is 0 Å². The number of urea groups is 1. The first-order chi connectivity index (χ1) is 11.6. The number of amides is 3. The van der Waals surface area contributed by atoms with Gasteiger partial charge in [0.15, 0.2) is 0 Å². The van der Waals surface area contributed by atoms with Crippen molar-refractivity contribution in [2.75, 3.05) is 31.6 Å². The molecule has 1 aliphatic carbocycles. The standard InChI is InChI=1S/C18H23N3O3/c1-24-15-6-4-14(5-7-15)21-12-18(10-16(21)22)8-9-20(11-18)17(23)19-13-2-3-13/h4-7,13H,2-3,8-12H2,1H3,(H,19,23)/t18-/m0/s1. The largest absolute Gasteiger partial charge is 0.497 e. The number of methoxy groups -OCH3 is 1. The molecule has 1 aromatic rings. The molecule has 3 fully saturated rings. The fourth-order valence-corrected chi connectivity index (χ4v) is 3.77. The molecular weight excluding hydrogens is 306 g/mol. The second-order valence-electron chi connectivity index (χ2n) is 7.25. The topological polar surface area (TPSA) is 61.9 Å². The first-order valence-electron chi connectivity index (χ1n) is 8.58. The molecule has 6 nitrogen and oxygen atoms in total. The molecule has 3 aliphatic rings. The normalized spacial score (nSPS) is 26.3. The summed E-state index contributed by atoms with van der Waals surface area (Å²) >= 11 is 0. The van der Waals surface area contributed by atoms with Gasteiger partial charge in [-0.15, -0.1) is 0 Å². The minimum absolute atomic E-state index is 0.0321. The number of rotatable bonds is 3. The maximum Gasteiger partial charge on any atom is 0.317 e. The fourth-order valence-electron chi connectivity index (χ4n) is 3.77. The van der Waals surface area contributed by atoms with Gasteiger partial charge < -0.3 is 19.9 Å². The average Bonchev–Trinajstić information content (AvgIpc) is 3.21. The van der Waals surface area contributed by atoms with Crippen molar-refractivity contribution in [2.24, 2.45) is 5.41 Å². The summed E-state index contributed by atoms with van der Waals surface area (Å²) < 4.78 is 5.17. The molecule has 2 heterocycles. The summed E-state index contributed by atoms with van der Waals surface area (Å²) in [5, 5.41) is 3.04. The van der Waals surface area contributed by atoms with Crippen LogP contribution in [0.15, 0.2) is 24.3 Å². The molecule has 0 unspecified atom stereocenters. The number of nitrogens with one attached hydrogen (secondary N) is 1. The molecule has 2 aliphatic heterocycles. The highest BCUT2D eigenvalue weighted by molar-refractivity contribution is 5.96. The number of likely N-dealkylation sites (tertiary alicyclic amines) is 1. The number of anilines is 1. The van der Waals surface area contributed by atoms with Crippen LogP contribution in [0.25, 0.3) is 0 Å². The van der Waals surface area contributed by atoms with E-state index in [1.54, 1.807) is 7.11 Å². The summed E-state index contributed by atoms with van der Waals surface area (Å²) in [6.07, 6.45) is 3.60. The number of hydrogen-bond donors (Lipinski definition) is 1. The van der Waals surface area contributed by atoms with Crippen LogP contribution in [0.4, 0.5) is 10.5 Å². The highest BCUT2D eigenvalue weighted by Crippen LogP contribution is 2.42. The number of nitrogens with zero attached hydrogens (tertiary/aromatic N) is 2. The van der Waals surface area contributed by atoms with Crippen molar-refractivity contribution in [3.8, 4) is 5.75 Å². The maximum atomic E-state index is 12.5. The molecule has 128 valence electrons. The number of carbonyl (C=O) groups excluding carboxylic acids is 2. The van der Waals surface area contributed by atoms with Crippen LogP contribution in [-0.4, -0.2) is 49.6 Å². The summed E-state index contributed by atoms with van der Waals surface area (Å²) in [4.78, 5) is 28.5. The van der Waals surface area contributed by atoms with Crippen LogP contribution < -0.4 is 15.0 Å². The number of ether oxygens (including phenoxy) is 1. The molecule has 4 rings (SSSR count). The Morgan fingerprint density at radius 1 is 1.25 bits per heavy atom. The number of hydrogen-bond acceptors (Lipinski definition) is 3. The van der Waals surface area contributed by atoms with Crippen molar-refractivity contribution in [2.45, 2.75) is 31.7 Å². The lowest BCUT2D eigenvalue weighted by atomic mass is 9.86. The van der Waals surface area contributed by atoms with Crippen LogP contribution in [-0.2, 0) is 4.79 Å². The smallest absolute Gasteiger partial charge is 0.317 e. The van der Waals surface area contributed by atoms with E-state index in [1.807, 2.05) is 34.1 Å². The second-order valence-corrected chi connectivity index (χ2v) is 7.25. The minimum Gasteiger partial charge on any atom is -0.497 e. The first-order valence-corrected chi connectivity index (χ1v) is 8.58. The molecule has 24 heavy (non-hydrogen) atoms. The van der Waals surface area contributed by atoms with Gasteiger partial charge in [-0.25, -0.2) is 4.79 Å². The molecule has 1 N–H and O–H groups in total. The van der Waals surface area contributed by atoms with E-state index in [1.165, 1.54) is 0 Å². The number of benzene rings is 1. The fraction of sp³-hybridized carbons (Fsp3) is 0.556. The van der Waals surface area contributed by atoms with E-state index < -0.39 is 0 Å². The SMILES string of the molecule is COc1ccc(N2C[C@@]3(CCN(C(=O)NC4CC4)C3)CC2=O)cc1. The molecule has 1 atom stereocenters. The third-order valence-corrected chi connectivity index (χ3v) is 5.34. The highest BCUT2D eigenvalue weighted by atomic mass is 16.5. The Morgan fingerprint density at radius 3 is 2.67 bits per heavy atom. The third-order valence-electron chi connectivity index (χ3n) is 5.34. The van der Waals surface area contributed by atoms with Gasteiger partial charge in [-0.1, -0.05) is 0 Å². The van der Waals surface area contributed by atoms with Gasteiger partial charge in [0.2, 0.25) is 5.91 Å². The quantitative estimate of drug-likeness (QED) is 0.922. The van der Waals surface area contributed by atoms with Crippen molar-refractivity contribution in [3.05, 3.63) is 24.3 Å².